The third kappa shape index (κ3) is 4.27. The van der Waals surface area contributed by atoms with Gasteiger partial charge in [0.15, 0.2) is 0 Å². The lowest BCUT2D eigenvalue weighted by molar-refractivity contribution is -0.132. The number of carbonyl (C=O) groups is 1. The van der Waals surface area contributed by atoms with Crippen molar-refractivity contribution in [2.45, 2.75) is 65.3 Å². The van der Waals surface area contributed by atoms with Crippen LogP contribution in [0.4, 0.5) is 0 Å². The minimum Gasteiger partial charge on any atom is -0.353 e. The maximum Gasteiger partial charge on any atom is 0.226 e. The molecule has 1 fully saturated rings. The lowest BCUT2D eigenvalue weighted by Gasteiger charge is -2.31. The Morgan fingerprint density at radius 2 is 1.88 bits per heavy atom. The molecule has 0 aromatic heterocycles. The van der Waals surface area contributed by atoms with Crippen LogP contribution in [0.25, 0.3) is 0 Å². The molecule has 0 aliphatic heterocycles. The largest absolute Gasteiger partial charge is 0.353 e. The number of carbonyl (C=O) groups excluding carboxylic acids is 1. The molecule has 2 nitrogen and oxygen atoms in total. The fraction of sp³-hybridized carbons (Fsp3) is 0.929. The summed E-state index contributed by atoms with van der Waals surface area (Å²) in [7, 11) is 0. The van der Waals surface area contributed by atoms with E-state index in [1.54, 1.807) is 0 Å². The summed E-state index contributed by atoms with van der Waals surface area (Å²) in [6, 6.07) is 0.284. The van der Waals surface area contributed by atoms with Crippen molar-refractivity contribution in [1.29, 1.82) is 0 Å². The number of rotatable bonds is 6. The van der Waals surface area contributed by atoms with E-state index in [-0.39, 0.29) is 11.5 Å². The summed E-state index contributed by atoms with van der Waals surface area (Å²) in [6.45, 7) is 6.53. The molecular weight excluding hydrogens is 278 g/mol. The molecule has 0 saturated heterocycles. The maximum absolute atomic E-state index is 12.5. The average molecular weight is 304 g/mol. The molecule has 0 aromatic carbocycles. The molecule has 0 aromatic rings. The molecule has 3 heteroatoms. The molecule has 1 atom stereocenters. The molecule has 1 N–H and O–H groups in total. The van der Waals surface area contributed by atoms with E-state index in [4.69, 9.17) is 0 Å². The standard InChI is InChI=1S/C14H26BrNO/c1-11(2)10-14(7-4-5-8-14)13(17)16-12(3)6-9-15/h11-12H,4-10H2,1-3H3,(H,16,17). The summed E-state index contributed by atoms with van der Waals surface area (Å²) in [5.41, 5.74) is -0.0608. The zero-order valence-corrected chi connectivity index (χ0v) is 13.0. The van der Waals surface area contributed by atoms with Crippen LogP contribution in [0.15, 0.2) is 0 Å². The minimum atomic E-state index is -0.0608. The predicted octanol–water partition coefficient (Wildman–Crippen LogP) is 3.88. The van der Waals surface area contributed by atoms with Crippen molar-refractivity contribution >= 4 is 21.8 Å². The van der Waals surface area contributed by atoms with Gasteiger partial charge in [-0.1, -0.05) is 42.6 Å². The van der Waals surface area contributed by atoms with E-state index >= 15 is 0 Å². The minimum absolute atomic E-state index is 0.0608. The van der Waals surface area contributed by atoms with Gasteiger partial charge < -0.3 is 5.32 Å². The Kier molecular flexibility index (Phi) is 5.98. The Balaban J connectivity index is 2.60. The Labute approximate surface area is 114 Å². The SMILES string of the molecule is CC(C)CC1(C(=O)NC(C)CCBr)CCCC1. The van der Waals surface area contributed by atoms with Crippen molar-refractivity contribution in [3.63, 3.8) is 0 Å². The molecule has 1 unspecified atom stereocenters. The third-order valence-electron chi connectivity index (χ3n) is 3.76. The van der Waals surface area contributed by atoms with Crippen LogP contribution in [-0.4, -0.2) is 17.3 Å². The summed E-state index contributed by atoms with van der Waals surface area (Å²) in [4.78, 5) is 12.5. The van der Waals surface area contributed by atoms with Crippen LogP contribution in [0.3, 0.4) is 0 Å². The summed E-state index contributed by atoms with van der Waals surface area (Å²) >= 11 is 3.43. The van der Waals surface area contributed by atoms with E-state index in [9.17, 15) is 4.79 Å². The Morgan fingerprint density at radius 1 is 1.29 bits per heavy atom. The Morgan fingerprint density at radius 3 is 2.35 bits per heavy atom. The van der Waals surface area contributed by atoms with Crippen molar-refractivity contribution in [3.05, 3.63) is 0 Å². The molecule has 1 aliphatic carbocycles. The highest BCUT2D eigenvalue weighted by Crippen LogP contribution is 2.43. The van der Waals surface area contributed by atoms with Gasteiger partial charge in [-0.15, -0.1) is 0 Å². The van der Waals surface area contributed by atoms with Gasteiger partial charge in [0.2, 0.25) is 5.91 Å². The first-order valence-corrected chi connectivity index (χ1v) is 7.99. The highest BCUT2D eigenvalue weighted by Gasteiger charge is 2.41. The topological polar surface area (TPSA) is 29.1 Å². The van der Waals surface area contributed by atoms with Crippen molar-refractivity contribution in [2.75, 3.05) is 5.33 Å². The summed E-state index contributed by atoms with van der Waals surface area (Å²) in [5, 5.41) is 4.15. The second kappa shape index (κ2) is 6.77. The van der Waals surface area contributed by atoms with Gasteiger partial charge >= 0.3 is 0 Å². The van der Waals surface area contributed by atoms with E-state index in [0.29, 0.717) is 11.8 Å². The highest BCUT2D eigenvalue weighted by molar-refractivity contribution is 9.09. The van der Waals surface area contributed by atoms with Gasteiger partial charge in [-0.2, -0.15) is 0 Å². The average Bonchev–Trinajstić information content (AvgIpc) is 2.66. The van der Waals surface area contributed by atoms with Crippen LogP contribution < -0.4 is 5.32 Å². The van der Waals surface area contributed by atoms with Crippen molar-refractivity contribution in [1.82, 2.24) is 5.32 Å². The summed E-state index contributed by atoms with van der Waals surface area (Å²) in [5.74, 6) is 0.905. The monoisotopic (exact) mass is 303 g/mol. The summed E-state index contributed by atoms with van der Waals surface area (Å²) < 4.78 is 0. The van der Waals surface area contributed by atoms with Gasteiger partial charge in [0, 0.05) is 16.8 Å². The normalized spacial score (nSPS) is 20.5. The van der Waals surface area contributed by atoms with Crippen LogP contribution >= 0.6 is 15.9 Å². The molecule has 0 heterocycles. The van der Waals surface area contributed by atoms with E-state index < -0.39 is 0 Å². The fourth-order valence-corrected chi connectivity index (χ4v) is 3.66. The highest BCUT2D eigenvalue weighted by atomic mass is 79.9. The molecule has 1 rings (SSSR count). The first-order chi connectivity index (χ1) is 8.00. The van der Waals surface area contributed by atoms with Crippen molar-refractivity contribution in [3.8, 4) is 0 Å². The number of nitrogens with one attached hydrogen (secondary N) is 1. The zero-order valence-electron chi connectivity index (χ0n) is 11.4. The van der Waals surface area contributed by atoms with Gasteiger partial charge in [-0.25, -0.2) is 0 Å². The van der Waals surface area contributed by atoms with Crippen LogP contribution in [0.2, 0.25) is 0 Å². The lowest BCUT2D eigenvalue weighted by Crippen LogP contribution is -2.44. The lowest BCUT2D eigenvalue weighted by atomic mass is 9.77. The van der Waals surface area contributed by atoms with E-state index in [2.05, 4.69) is 42.0 Å². The van der Waals surface area contributed by atoms with E-state index in [1.165, 1.54) is 12.8 Å². The van der Waals surface area contributed by atoms with Gasteiger partial charge in [0.1, 0.15) is 0 Å². The number of hydrogen-bond donors (Lipinski definition) is 1. The molecule has 0 radical (unpaired) electrons. The van der Waals surface area contributed by atoms with Crippen molar-refractivity contribution in [2.24, 2.45) is 11.3 Å². The molecule has 1 aliphatic rings. The van der Waals surface area contributed by atoms with Crippen LogP contribution in [0.1, 0.15) is 59.3 Å². The first kappa shape index (κ1) is 15.0. The van der Waals surface area contributed by atoms with Crippen LogP contribution in [-0.2, 0) is 4.79 Å². The number of amides is 1. The molecule has 100 valence electrons. The quantitative estimate of drug-likeness (QED) is 0.741. The van der Waals surface area contributed by atoms with E-state index in [1.807, 2.05) is 0 Å². The van der Waals surface area contributed by atoms with Gasteiger partial charge in [-0.3, -0.25) is 4.79 Å². The van der Waals surface area contributed by atoms with E-state index in [0.717, 1.165) is 31.0 Å². The van der Waals surface area contributed by atoms with Gasteiger partial charge in [0.25, 0.3) is 0 Å². The Bertz CT molecular complexity index is 247. The van der Waals surface area contributed by atoms with Crippen LogP contribution in [0, 0.1) is 11.3 Å². The third-order valence-corrected chi connectivity index (χ3v) is 4.22. The fourth-order valence-electron chi connectivity index (χ4n) is 2.97. The zero-order chi connectivity index (χ0) is 12.9. The molecule has 1 amide bonds. The molecule has 0 spiro atoms. The van der Waals surface area contributed by atoms with Gasteiger partial charge in [-0.05, 0) is 38.5 Å². The number of hydrogen-bond acceptors (Lipinski definition) is 1. The first-order valence-electron chi connectivity index (χ1n) is 6.87. The second-order valence-electron chi connectivity index (χ2n) is 5.94. The smallest absolute Gasteiger partial charge is 0.226 e. The van der Waals surface area contributed by atoms with Crippen LogP contribution in [0.5, 0.6) is 0 Å². The molecule has 0 bridgehead atoms. The molecular formula is C14H26BrNO. The number of alkyl halides is 1. The molecule has 1 saturated carbocycles. The number of halogens is 1. The predicted molar refractivity (Wildman–Crippen MR) is 76.4 cm³/mol. The second-order valence-corrected chi connectivity index (χ2v) is 6.73. The Hall–Kier alpha value is -0.0500. The summed E-state index contributed by atoms with van der Waals surface area (Å²) in [6.07, 6.45) is 6.64. The maximum atomic E-state index is 12.5. The van der Waals surface area contributed by atoms with Gasteiger partial charge in [0.05, 0.1) is 0 Å². The van der Waals surface area contributed by atoms with Crippen molar-refractivity contribution < 1.29 is 4.79 Å². The molecule has 17 heavy (non-hydrogen) atoms.